The molecule has 0 saturated heterocycles. The number of aromatic amines is 1. The number of halogens is 3. The van der Waals surface area contributed by atoms with Crippen LogP contribution in [0.15, 0.2) is 30.3 Å². The predicted octanol–water partition coefficient (Wildman–Crippen LogP) is 4.36. The minimum absolute atomic E-state index is 0.183. The number of rotatable bonds is 1. The summed E-state index contributed by atoms with van der Waals surface area (Å²) in [5.41, 5.74) is 2.42. The second-order valence-corrected chi connectivity index (χ2v) is 6.07. The summed E-state index contributed by atoms with van der Waals surface area (Å²) < 4.78 is 38.9. The van der Waals surface area contributed by atoms with Gasteiger partial charge in [-0.25, -0.2) is 4.79 Å². The Labute approximate surface area is 139 Å². The molecular formula is C18H12F3NO3. The van der Waals surface area contributed by atoms with E-state index in [0.717, 1.165) is 23.3 Å². The summed E-state index contributed by atoms with van der Waals surface area (Å²) >= 11 is 0. The second-order valence-electron chi connectivity index (χ2n) is 6.07. The van der Waals surface area contributed by atoms with Gasteiger partial charge in [0.25, 0.3) is 0 Å². The number of fused-ring (bicyclic) bond motifs is 5. The number of nitrogens with one attached hydrogen (secondary N) is 1. The molecule has 7 heteroatoms. The van der Waals surface area contributed by atoms with Gasteiger partial charge in [-0.15, -0.1) is 0 Å². The molecule has 3 aromatic rings. The molecule has 0 amide bonds. The molecule has 1 aromatic heterocycles. The largest absolute Gasteiger partial charge is 0.507 e. The molecule has 0 radical (unpaired) electrons. The van der Waals surface area contributed by atoms with Crippen molar-refractivity contribution in [3.05, 3.63) is 52.6 Å². The highest BCUT2D eigenvalue weighted by Crippen LogP contribution is 2.41. The average Bonchev–Trinajstić information content (AvgIpc) is 2.91. The van der Waals surface area contributed by atoms with Gasteiger partial charge in [-0.1, -0.05) is 0 Å². The van der Waals surface area contributed by atoms with Gasteiger partial charge in [0.05, 0.1) is 11.3 Å². The number of carboxylic acid groups (broad SMARTS) is 1. The van der Waals surface area contributed by atoms with Crippen molar-refractivity contribution in [3.63, 3.8) is 0 Å². The summed E-state index contributed by atoms with van der Waals surface area (Å²) in [6, 6.07) is 6.32. The van der Waals surface area contributed by atoms with Crippen LogP contribution in [0.25, 0.3) is 22.2 Å². The summed E-state index contributed by atoms with van der Waals surface area (Å²) in [7, 11) is 0. The predicted molar refractivity (Wildman–Crippen MR) is 84.8 cm³/mol. The van der Waals surface area contributed by atoms with Crippen LogP contribution in [-0.2, 0) is 19.0 Å². The lowest BCUT2D eigenvalue weighted by atomic mass is 9.87. The third-order valence-corrected chi connectivity index (χ3v) is 4.60. The van der Waals surface area contributed by atoms with E-state index in [1.165, 1.54) is 18.2 Å². The van der Waals surface area contributed by atoms with Gasteiger partial charge in [-0.2, -0.15) is 13.2 Å². The van der Waals surface area contributed by atoms with E-state index in [1.807, 2.05) is 0 Å². The molecule has 0 bridgehead atoms. The van der Waals surface area contributed by atoms with Crippen LogP contribution in [0.1, 0.15) is 27.0 Å². The number of carboxylic acids is 1. The molecule has 0 atom stereocenters. The number of phenols is 1. The topological polar surface area (TPSA) is 73.3 Å². The molecule has 4 nitrogen and oxygen atoms in total. The van der Waals surface area contributed by atoms with E-state index >= 15 is 0 Å². The normalized spacial score (nSPS) is 13.6. The highest BCUT2D eigenvalue weighted by Gasteiger charge is 2.32. The van der Waals surface area contributed by atoms with Gasteiger partial charge in [0, 0.05) is 16.5 Å². The van der Waals surface area contributed by atoms with Crippen molar-refractivity contribution >= 4 is 16.9 Å². The molecule has 25 heavy (non-hydrogen) atoms. The fourth-order valence-electron chi connectivity index (χ4n) is 3.42. The summed E-state index contributed by atoms with van der Waals surface area (Å²) in [6.07, 6.45) is -3.43. The number of hydrogen-bond donors (Lipinski definition) is 3. The Balaban J connectivity index is 1.94. The van der Waals surface area contributed by atoms with Crippen LogP contribution in [-0.4, -0.2) is 21.2 Å². The summed E-state index contributed by atoms with van der Waals surface area (Å²) in [5, 5.41) is 19.6. The van der Waals surface area contributed by atoms with E-state index in [0.29, 0.717) is 35.0 Å². The molecule has 0 fully saturated rings. The molecule has 2 aromatic carbocycles. The Kier molecular flexibility index (Phi) is 3.12. The standard InChI is InChI=1S/C18H12F3NO3/c19-18(20,21)9-2-4-14-12(6-9)10-3-1-8-5-13(17(24)25)15(23)7-11(8)16(10)22-14/h2,4-7,22-23H,1,3H2,(H,24,25). The first-order chi connectivity index (χ1) is 11.8. The van der Waals surface area contributed by atoms with Crippen LogP contribution in [0.4, 0.5) is 13.2 Å². The Morgan fingerprint density at radius 3 is 2.56 bits per heavy atom. The van der Waals surface area contributed by atoms with Crippen LogP contribution in [0.2, 0.25) is 0 Å². The van der Waals surface area contributed by atoms with Crippen molar-refractivity contribution in [2.45, 2.75) is 19.0 Å². The molecule has 4 rings (SSSR count). The van der Waals surface area contributed by atoms with E-state index in [1.54, 1.807) is 0 Å². The van der Waals surface area contributed by atoms with Gasteiger partial charge in [-0.3, -0.25) is 0 Å². The molecule has 0 saturated carbocycles. The zero-order chi connectivity index (χ0) is 17.9. The number of benzene rings is 2. The quantitative estimate of drug-likeness (QED) is 0.612. The maximum absolute atomic E-state index is 13.0. The number of aromatic hydroxyl groups is 1. The maximum atomic E-state index is 13.0. The van der Waals surface area contributed by atoms with Crippen LogP contribution in [0.5, 0.6) is 5.75 Å². The number of hydrogen-bond acceptors (Lipinski definition) is 2. The molecule has 128 valence electrons. The highest BCUT2D eigenvalue weighted by atomic mass is 19.4. The van der Waals surface area contributed by atoms with E-state index in [4.69, 9.17) is 5.11 Å². The number of aromatic carboxylic acids is 1. The van der Waals surface area contributed by atoms with Crippen molar-refractivity contribution < 1.29 is 28.2 Å². The molecule has 0 spiro atoms. The molecule has 1 aliphatic rings. The Hall–Kier alpha value is -2.96. The average molecular weight is 347 g/mol. The SMILES string of the molecule is O=C(O)c1cc2c(cc1O)-c1[nH]c3ccc(C(F)(F)F)cc3c1CC2. The van der Waals surface area contributed by atoms with E-state index in [9.17, 15) is 23.1 Å². The number of aromatic nitrogens is 1. The zero-order valence-corrected chi connectivity index (χ0v) is 12.7. The lowest BCUT2D eigenvalue weighted by Gasteiger charge is -2.18. The third kappa shape index (κ3) is 2.34. The molecule has 1 heterocycles. The Morgan fingerprint density at radius 1 is 1.12 bits per heavy atom. The van der Waals surface area contributed by atoms with E-state index in [2.05, 4.69) is 4.98 Å². The Morgan fingerprint density at radius 2 is 1.88 bits per heavy atom. The minimum Gasteiger partial charge on any atom is -0.507 e. The molecule has 1 aliphatic carbocycles. The van der Waals surface area contributed by atoms with Gasteiger partial charge in [0.15, 0.2) is 0 Å². The van der Waals surface area contributed by atoms with Crippen molar-refractivity contribution in [1.29, 1.82) is 0 Å². The molecule has 3 N–H and O–H groups in total. The van der Waals surface area contributed by atoms with E-state index < -0.39 is 17.7 Å². The lowest BCUT2D eigenvalue weighted by molar-refractivity contribution is -0.137. The molecule has 0 unspecified atom stereocenters. The number of H-pyrrole nitrogens is 1. The fourth-order valence-corrected chi connectivity index (χ4v) is 3.42. The number of aryl methyl sites for hydroxylation is 2. The Bertz CT molecular complexity index is 1030. The zero-order valence-electron chi connectivity index (χ0n) is 12.7. The number of alkyl halides is 3. The highest BCUT2D eigenvalue weighted by molar-refractivity contribution is 5.96. The maximum Gasteiger partial charge on any atom is 0.416 e. The lowest BCUT2D eigenvalue weighted by Crippen LogP contribution is -2.07. The second kappa shape index (κ2) is 5.02. The van der Waals surface area contributed by atoms with Gasteiger partial charge in [0.1, 0.15) is 11.3 Å². The van der Waals surface area contributed by atoms with Crippen molar-refractivity contribution in [1.82, 2.24) is 4.98 Å². The van der Waals surface area contributed by atoms with Crippen LogP contribution < -0.4 is 0 Å². The van der Waals surface area contributed by atoms with Crippen LogP contribution in [0, 0.1) is 0 Å². The number of carbonyl (C=O) groups is 1. The fraction of sp³-hybridized carbons (Fsp3) is 0.167. The van der Waals surface area contributed by atoms with Crippen LogP contribution >= 0.6 is 0 Å². The summed E-state index contributed by atoms with van der Waals surface area (Å²) in [4.78, 5) is 14.3. The monoisotopic (exact) mass is 347 g/mol. The van der Waals surface area contributed by atoms with Crippen molar-refractivity contribution in [2.75, 3.05) is 0 Å². The smallest absolute Gasteiger partial charge is 0.416 e. The minimum atomic E-state index is -4.42. The van der Waals surface area contributed by atoms with Crippen molar-refractivity contribution in [3.8, 4) is 17.0 Å². The van der Waals surface area contributed by atoms with Gasteiger partial charge >= 0.3 is 12.1 Å². The third-order valence-electron chi connectivity index (χ3n) is 4.60. The van der Waals surface area contributed by atoms with E-state index in [-0.39, 0.29) is 11.3 Å². The summed E-state index contributed by atoms with van der Waals surface area (Å²) in [6.45, 7) is 0. The molecule has 0 aliphatic heterocycles. The van der Waals surface area contributed by atoms with Gasteiger partial charge < -0.3 is 15.2 Å². The van der Waals surface area contributed by atoms with Gasteiger partial charge in [-0.05, 0) is 54.3 Å². The molecular weight excluding hydrogens is 335 g/mol. The van der Waals surface area contributed by atoms with Crippen molar-refractivity contribution in [2.24, 2.45) is 0 Å². The van der Waals surface area contributed by atoms with Crippen LogP contribution in [0.3, 0.4) is 0 Å². The summed E-state index contributed by atoms with van der Waals surface area (Å²) in [5.74, 6) is -1.59. The van der Waals surface area contributed by atoms with Gasteiger partial charge in [0.2, 0.25) is 0 Å². The first kappa shape index (κ1) is 15.6. The first-order valence-corrected chi connectivity index (χ1v) is 7.57. The first-order valence-electron chi connectivity index (χ1n) is 7.57.